The third kappa shape index (κ3) is 2.56. The lowest BCUT2D eigenvalue weighted by molar-refractivity contribution is 0.205. The maximum atomic E-state index is 10.6. The maximum absolute atomic E-state index is 10.6. The summed E-state index contributed by atoms with van der Waals surface area (Å²) in [4.78, 5) is 0. The molecule has 0 fully saturated rings. The summed E-state index contributed by atoms with van der Waals surface area (Å²) in [6.45, 7) is 9.05. The quantitative estimate of drug-likeness (QED) is 0.920. The molecule has 5 nitrogen and oxygen atoms in total. The number of aliphatic hydroxyl groups excluding tert-OH is 1. The van der Waals surface area contributed by atoms with E-state index in [2.05, 4.69) is 31.0 Å². The number of nitrogens with zero attached hydrogens (tertiary/aromatic N) is 4. The van der Waals surface area contributed by atoms with Crippen molar-refractivity contribution in [3.8, 4) is 0 Å². The summed E-state index contributed by atoms with van der Waals surface area (Å²) < 4.78 is 3.57. The zero-order chi connectivity index (χ0) is 14.2. The van der Waals surface area contributed by atoms with Gasteiger partial charge in [-0.15, -0.1) is 0 Å². The van der Waals surface area contributed by atoms with Crippen molar-refractivity contribution in [3.05, 3.63) is 35.4 Å². The van der Waals surface area contributed by atoms with Gasteiger partial charge in [0, 0.05) is 37.0 Å². The Hall–Kier alpha value is -1.62. The molecule has 0 aliphatic carbocycles. The Balaban J connectivity index is 2.47. The molecule has 0 bridgehead atoms. The van der Waals surface area contributed by atoms with E-state index in [0.29, 0.717) is 0 Å². The molecular formula is C14H22N4O. The normalized spacial score (nSPS) is 13.8. The first-order valence-corrected chi connectivity index (χ1v) is 6.58. The SMILES string of the molecule is CCn1nccc1C(O)c1cn(C)nc1C(C)(C)C. The second-order valence-corrected chi connectivity index (χ2v) is 5.83. The number of aliphatic hydroxyl groups is 1. The number of hydrogen-bond donors (Lipinski definition) is 1. The molecule has 0 aromatic carbocycles. The van der Waals surface area contributed by atoms with Crippen molar-refractivity contribution >= 4 is 0 Å². The molecule has 104 valence electrons. The highest BCUT2D eigenvalue weighted by Gasteiger charge is 2.27. The third-order valence-corrected chi connectivity index (χ3v) is 3.19. The molecule has 0 radical (unpaired) electrons. The van der Waals surface area contributed by atoms with Crippen LogP contribution in [0, 0.1) is 0 Å². The largest absolute Gasteiger partial charge is 0.382 e. The molecule has 0 aliphatic rings. The van der Waals surface area contributed by atoms with E-state index in [4.69, 9.17) is 0 Å². The van der Waals surface area contributed by atoms with Crippen LogP contribution < -0.4 is 0 Å². The van der Waals surface area contributed by atoms with Gasteiger partial charge in [-0.1, -0.05) is 20.8 Å². The van der Waals surface area contributed by atoms with Crippen LogP contribution in [0.5, 0.6) is 0 Å². The Kier molecular flexibility index (Phi) is 3.49. The van der Waals surface area contributed by atoms with Gasteiger partial charge >= 0.3 is 0 Å². The highest BCUT2D eigenvalue weighted by atomic mass is 16.3. The minimum atomic E-state index is -0.689. The molecule has 19 heavy (non-hydrogen) atoms. The Morgan fingerprint density at radius 3 is 2.63 bits per heavy atom. The molecular weight excluding hydrogens is 240 g/mol. The standard InChI is InChI=1S/C14H22N4O/c1-6-18-11(7-8-15-18)12(19)10-9-17(5)16-13(10)14(2,3)4/h7-9,12,19H,6H2,1-5H3. The first-order valence-electron chi connectivity index (χ1n) is 6.58. The molecule has 1 unspecified atom stereocenters. The molecule has 0 spiro atoms. The fraction of sp³-hybridized carbons (Fsp3) is 0.571. The second kappa shape index (κ2) is 4.81. The summed E-state index contributed by atoms with van der Waals surface area (Å²) in [5.41, 5.74) is 2.48. The van der Waals surface area contributed by atoms with Crippen molar-refractivity contribution in [3.63, 3.8) is 0 Å². The summed E-state index contributed by atoms with van der Waals surface area (Å²) in [7, 11) is 1.88. The molecule has 0 aliphatic heterocycles. The van der Waals surface area contributed by atoms with Gasteiger partial charge in [-0.25, -0.2) is 0 Å². The zero-order valence-electron chi connectivity index (χ0n) is 12.3. The second-order valence-electron chi connectivity index (χ2n) is 5.83. The van der Waals surface area contributed by atoms with Gasteiger partial charge in [-0.05, 0) is 13.0 Å². The lowest BCUT2D eigenvalue weighted by Crippen LogP contribution is -2.18. The van der Waals surface area contributed by atoms with Crippen LogP contribution >= 0.6 is 0 Å². The highest BCUT2D eigenvalue weighted by Crippen LogP contribution is 2.31. The smallest absolute Gasteiger partial charge is 0.124 e. The Bertz CT molecular complexity index is 562. The van der Waals surface area contributed by atoms with Crippen LogP contribution in [0.4, 0.5) is 0 Å². The van der Waals surface area contributed by atoms with E-state index in [-0.39, 0.29) is 5.41 Å². The van der Waals surface area contributed by atoms with Crippen molar-refractivity contribution in [2.75, 3.05) is 0 Å². The summed E-state index contributed by atoms with van der Waals surface area (Å²) in [6, 6.07) is 1.85. The maximum Gasteiger partial charge on any atom is 0.124 e. The van der Waals surface area contributed by atoms with Gasteiger partial charge in [-0.3, -0.25) is 9.36 Å². The van der Waals surface area contributed by atoms with Crippen LogP contribution in [-0.2, 0) is 19.0 Å². The first kappa shape index (κ1) is 13.8. The molecule has 0 amide bonds. The summed E-state index contributed by atoms with van der Waals surface area (Å²) in [6.07, 6.45) is 2.92. The summed E-state index contributed by atoms with van der Waals surface area (Å²) >= 11 is 0. The zero-order valence-corrected chi connectivity index (χ0v) is 12.3. The Morgan fingerprint density at radius 1 is 1.37 bits per heavy atom. The van der Waals surface area contributed by atoms with Crippen LogP contribution in [0.2, 0.25) is 0 Å². The average Bonchev–Trinajstić information content (AvgIpc) is 2.92. The molecule has 1 N–H and O–H groups in total. The van der Waals surface area contributed by atoms with Crippen molar-refractivity contribution in [2.45, 2.75) is 45.8 Å². The number of aryl methyl sites for hydroxylation is 2. The lowest BCUT2D eigenvalue weighted by Gasteiger charge is -2.20. The van der Waals surface area contributed by atoms with E-state index in [9.17, 15) is 5.11 Å². The van der Waals surface area contributed by atoms with Crippen LogP contribution in [0.15, 0.2) is 18.5 Å². The van der Waals surface area contributed by atoms with Gasteiger partial charge in [0.1, 0.15) is 6.10 Å². The molecule has 2 rings (SSSR count). The minimum Gasteiger partial charge on any atom is -0.382 e. The minimum absolute atomic E-state index is 0.103. The van der Waals surface area contributed by atoms with Crippen molar-refractivity contribution in [1.29, 1.82) is 0 Å². The third-order valence-electron chi connectivity index (χ3n) is 3.19. The van der Waals surface area contributed by atoms with Crippen LogP contribution in [-0.4, -0.2) is 24.7 Å². The predicted octanol–water partition coefficient (Wildman–Crippen LogP) is 2.02. The molecule has 5 heteroatoms. The van der Waals surface area contributed by atoms with Crippen LogP contribution in [0.25, 0.3) is 0 Å². The first-order chi connectivity index (χ1) is 8.84. The number of aromatic nitrogens is 4. The van der Waals surface area contributed by atoms with E-state index in [1.165, 1.54) is 0 Å². The van der Waals surface area contributed by atoms with E-state index >= 15 is 0 Å². The van der Waals surface area contributed by atoms with Gasteiger partial charge in [-0.2, -0.15) is 10.2 Å². The van der Waals surface area contributed by atoms with Gasteiger partial charge in [0.05, 0.1) is 11.4 Å². The Labute approximate surface area is 113 Å². The molecule has 2 aromatic rings. The van der Waals surface area contributed by atoms with E-state index in [1.807, 2.05) is 30.9 Å². The van der Waals surface area contributed by atoms with Gasteiger partial charge in [0.25, 0.3) is 0 Å². The van der Waals surface area contributed by atoms with E-state index in [0.717, 1.165) is 23.5 Å². The lowest BCUT2D eigenvalue weighted by atomic mass is 9.87. The molecule has 1 atom stereocenters. The monoisotopic (exact) mass is 262 g/mol. The van der Waals surface area contributed by atoms with Gasteiger partial charge in [0.2, 0.25) is 0 Å². The van der Waals surface area contributed by atoms with Gasteiger partial charge < -0.3 is 5.11 Å². The van der Waals surface area contributed by atoms with E-state index in [1.54, 1.807) is 10.9 Å². The number of hydrogen-bond acceptors (Lipinski definition) is 3. The fourth-order valence-electron chi connectivity index (χ4n) is 2.29. The van der Waals surface area contributed by atoms with Crippen molar-refractivity contribution in [2.24, 2.45) is 7.05 Å². The van der Waals surface area contributed by atoms with Crippen molar-refractivity contribution < 1.29 is 5.11 Å². The summed E-state index contributed by atoms with van der Waals surface area (Å²) in [5, 5.41) is 19.3. The highest BCUT2D eigenvalue weighted by molar-refractivity contribution is 5.31. The fourth-order valence-corrected chi connectivity index (χ4v) is 2.29. The van der Waals surface area contributed by atoms with Crippen LogP contribution in [0.3, 0.4) is 0 Å². The predicted molar refractivity (Wildman–Crippen MR) is 73.9 cm³/mol. The van der Waals surface area contributed by atoms with E-state index < -0.39 is 6.10 Å². The van der Waals surface area contributed by atoms with Gasteiger partial charge in [0.15, 0.2) is 0 Å². The average molecular weight is 262 g/mol. The topological polar surface area (TPSA) is 55.9 Å². The van der Waals surface area contributed by atoms with Crippen LogP contribution in [0.1, 0.15) is 50.8 Å². The number of rotatable bonds is 3. The molecule has 0 saturated heterocycles. The Morgan fingerprint density at radius 2 is 2.05 bits per heavy atom. The summed E-state index contributed by atoms with van der Waals surface area (Å²) in [5.74, 6) is 0. The molecule has 2 aromatic heterocycles. The molecule has 2 heterocycles. The molecule has 0 saturated carbocycles. The van der Waals surface area contributed by atoms with Crippen molar-refractivity contribution in [1.82, 2.24) is 19.6 Å².